The highest BCUT2D eigenvalue weighted by Gasteiger charge is 2.67. The van der Waals surface area contributed by atoms with E-state index in [1.165, 1.54) is 18.1 Å². The molecule has 5 nitrogen and oxygen atoms in total. The monoisotopic (exact) mass is 512 g/mol. The molecule has 5 heteroatoms. The van der Waals surface area contributed by atoms with Crippen molar-refractivity contribution in [3.05, 3.63) is 34.9 Å². The van der Waals surface area contributed by atoms with Crippen LogP contribution in [0.2, 0.25) is 0 Å². The summed E-state index contributed by atoms with van der Waals surface area (Å²) in [5.74, 6) is 0.0188. The average Bonchev–Trinajstić information content (AvgIpc) is 3.03. The Morgan fingerprint density at radius 1 is 1.14 bits per heavy atom. The molecule has 0 saturated heterocycles. The molecule has 2 fully saturated rings. The van der Waals surface area contributed by atoms with E-state index in [0.717, 1.165) is 44.9 Å². The van der Waals surface area contributed by atoms with Gasteiger partial charge in [-0.1, -0.05) is 59.8 Å². The van der Waals surface area contributed by atoms with Crippen molar-refractivity contribution >= 4 is 11.9 Å². The Kier molecular flexibility index (Phi) is 7.14. The fourth-order valence-corrected chi connectivity index (χ4v) is 9.13. The zero-order valence-electron chi connectivity index (χ0n) is 24.2. The quantitative estimate of drug-likeness (QED) is 0.300. The van der Waals surface area contributed by atoms with Gasteiger partial charge in [-0.05, 0) is 97.0 Å². The number of hydrogen-bond donors (Lipinski definition) is 2. The van der Waals surface area contributed by atoms with Crippen molar-refractivity contribution in [1.82, 2.24) is 0 Å². The van der Waals surface area contributed by atoms with E-state index in [1.54, 1.807) is 6.92 Å². The Balaban J connectivity index is 1.73. The smallest absolute Gasteiger partial charge is 0.330 e. The second-order valence-corrected chi connectivity index (χ2v) is 13.8. The second-order valence-electron chi connectivity index (χ2n) is 13.8. The van der Waals surface area contributed by atoms with Crippen molar-refractivity contribution in [3.63, 3.8) is 0 Å². The fraction of sp³-hybridized carbons (Fsp3) is 0.750. The molecule has 0 spiro atoms. The van der Waals surface area contributed by atoms with Crippen LogP contribution in [-0.2, 0) is 14.3 Å². The van der Waals surface area contributed by atoms with Gasteiger partial charge in [0.15, 0.2) is 0 Å². The third-order valence-corrected chi connectivity index (χ3v) is 11.7. The number of carboxylic acid groups (broad SMARTS) is 1. The number of aliphatic carboxylic acids is 1. The van der Waals surface area contributed by atoms with Crippen LogP contribution < -0.4 is 0 Å². The maximum Gasteiger partial charge on any atom is 0.330 e. The highest BCUT2D eigenvalue weighted by Crippen LogP contribution is 2.72. The summed E-state index contributed by atoms with van der Waals surface area (Å²) in [4.78, 5) is 23.6. The summed E-state index contributed by atoms with van der Waals surface area (Å²) in [5.41, 5.74) is 2.68. The molecule has 0 aromatic heterocycles. The van der Waals surface area contributed by atoms with E-state index < -0.39 is 5.97 Å². The highest BCUT2D eigenvalue weighted by atomic mass is 16.5. The van der Waals surface area contributed by atoms with Crippen molar-refractivity contribution < 1.29 is 24.5 Å². The minimum absolute atomic E-state index is 0.000777. The van der Waals surface area contributed by atoms with Crippen molar-refractivity contribution in [2.24, 2.45) is 39.4 Å². The third kappa shape index (κ3) is 4.15. The van der Waals surface area contributed by atoms with Gasteiger partial charge in [-0.2, -0.15) is 0 Å². The Bertz CT molecular complexity index is 1050. The van der Waals surface area contributed by atoms with Gasteiger partial charge in [0.1, 0.15) is 6.10 Å². The minimum atomic E-state index is -0.859. The van der Waals surface area contributed by atoms with Gasteiger partial charge in [-0.15, -0.1) is 0 Å². The summed E-state index contributed by atoms with van der Waals surface area (Å²) in [6.07, 6.45) is 12.4. The predicted molar refractivity (Wildman–Crippen MR) is 146 cm³/mol. The lowest BCUT2D eigenvalue weighted by Gasteiger charge is -2.61. The maximum absolute atomic E-state index is 12.3. The lowest BCUT2D eigenvalue weighted by atomic mass is 9.44. The number of esters is 1. The zero-order valence-corrected chi connectivity index (χ0v) is 24.2. The van der Waals surface area contributed by atoms with E-state index in [1.807, 2.05) is 6.08 Å². The molecule has 0 aromatic carbocycles. The second kappa shape index (κ2) is 9.39. The van der Waals surface area contributed by atoms with Gasteiger partial charge < -0.3 is 14.9 Å². The molecule has 0 amide bonds. The summed E-state index contributed by atoms with van der Waals surface area (Å²) < 4.78 is 6.14. The van der Waals surface area contributed by atoms with Gasteiger partial charge >= 0.3 is 11.9 Å². The number of aliphatic hydroxyl groups is 1. The van der Waals surface area contributed by atoms with Gasteiger partial charge in [-0.3, -0.25) is 4.79 Å². The molecule has 206 valence electrons. The van der Waals surface area contributed by atoms with E-state index in [2.05, 4.69) is 53.7 Å². The van der Waals surface area contributed by atoms with Gasteiger partial charge in [0.25, 0.3) is 0 Å². The maximum atomic E-state index is 12.3. The first-order chi connectivity index (χ1) is 17.1. The number of carbonyl (C=O) groups is 2. The number of fused-ring (bicyclic) bond motifs is 5. The van der Waals surface area contributed by atoms with Crippen LogP contribution in [0.1, 0.15) is 100 Å². The van der Waals surface area contributed by atoms with Crippen molar-refractivity contribution in [1.29, 1.82) is 0 Å². The largest absolute Gasteiger partial charge is 0.478 e. The predicted octanol–water partition coefficient (Wildman–Crippen LogP) is 6.86. The Morgan fingerprint density at radius 3 is 2.43 bits per heavy atom. The Hall–Kier alpha value is -1.88. The van der Waals surface area contributed by atoms with Crippen LogP contribution in [0.3, 0.4) is 0 Å². The normalized spacial score (nSPS) is 41.5. The average molecular weight is 513 g/mol. The van der Waals surface area contributed by atoms with E-state index in [0.29, 0.717) is 23.3 Å². The molecule has 2 N–H and O–H groups in total. The van der Waals surface area contributed by atoms with Gasteiger partial charge in [0.05, 0.1) is 6.10 Å². The topological polar surface area (TPSA) is 83.8 Å². The lowest BCUT2D eigenvalue weighted by molar-refractivity contribution is -0.152. The van der Waals surface area contributed by atoms with Crippen LogP contribution in [-0.4, -0.2) is 34.4 Å². The number of hydrogen-bond acceptors (Lipinski definition) is 4. The molecule has 0 aliphatic heterocycles. The molecule has 4 rings (SSSR count). The zero-order chi connectivity index (χ0) is 27.6. The molecular formula is C32H48O5. The molecule has 0 radical (unpaired) electrons. The molecular weight excluding hydrogens is 464 g/mol. The molecule has 0 bridgehead atoms. The molecule has 8 atom stereocenters. The first kappa shape index (κ1) is 28.1. The van der Waals surface area contributed by atoms with Crippen LogP contribution in [0.5, 0.6) is 0 Å². The van der Waals surface area contributed by atoms with E-state index >= 15 is 0 Å². The SMILES string of the molecule is CC(=O)O[C@H]1CC(C(C)CC/C=C(\C)C(=O)O)[C@@]2(C)CC=C3C(=CC[C@H]4C(C)(C)[C@H](O)CC[C@]34C)[C@]12C. The fourth-order valence-electron chi connectivity index (χ4n) is 9.13. The van der Waals surface area contributed by atoms with Crippen LogP contribution >= 0.6 is 0 Å². The van der Waals surface area contributed by atoms with Gasteiger partial charge in [0, 0.05) is 17.9 Å². The Labute approximate surface area is 223 Å². The van der Waals surface area contributed by atoms with Gasteiger partial charge in [-0.25, -0.2) is 4.79 Å². The number of rotatable bonds is 6. The van der Waals surface area contributed by atoms with E-state index in [9.17, 15) is 19.8 Å². The number of aliphatic hydroxyl groups excluding tert-OH is 1. The van der Waals surface area contributed by atoms with Crippen LogP contribution in [0, 0.1) is 39.4 Å². The summed E-state index contributed by atoms with van der Waals surface area (Å²) >= 11 is 0. The summed E-state index contributed by atoms with van der Waals surface area (Å²) in [7, 11) is 0. The molecule has 0 heterocycles. The van der Waals surface area contributed by atoms with E-state index in [-0.39, 0.29) is 39.8 Å². The lowest BCUT2D eigenvalue weighted by Crippen LogP contribution is -2.56. The van der Waals surface area contributed by atoms with Crippen molar-refractivity contribution in [2.45, 2.75) is 113 Å². The van der Waals surface area contributed by atoms with E-state index in [4.69, 9.17) is 4.74 Å². The number of allylic oxidation sites excluding steroid dienone is 4. The van der Waals surface area contributed by atoms with Crippen LogP contribution in [0.4, 0.5) is 0 Å². The number of carbonyl (C=O) groups excluding carboxylic acids is 1. The van der Waals surface area contributed by atoms with Crippen LogP contribution in [0.25, 0.3) is 0 Å². The van der Waals surface area contributed by atoms with Crippen LogP contribution in [0.15, 0.2) is 34.9 Å². The first-order valence-electron chi connectivity index (χ1n) is 14.3. The molecule has 2 saturated carbocycles. The minimum Gasteiger partial charge on any atom is -0.478 e. The summed E-state index contributed by atoms with van der Waals surface area (Å²) in [6.45, 7) is 17.1. The standard InChI is InChI=1S/C32H48O5/c1-19(10-9-11-20(2)28(35)36)24-18-27(37-21(3)33)32(8)23-12-13-25-29(4,5)26(34)15-16-30(25,6)22(23)14-17-31(24,32)7/h11-12,14,19,24-27,34H,9-10,13,15-18H2,1-8H3,(H,35,36)/b20-11+/t19?,24?,25-,26+,27-,30+,31+,32+/m0/s1. The molecule has 4 aliphatic rings. The molecule has 37 heavy (non-hydrogen) atoms. The third-order valence-electron chi connectivity index (χ3n) is 11.7. The van der Waals surface area contributed by atoms with Crippen molar-refractivity contribution in [2.75, 3.05) is 0 Å². The molecule has 4 aliphatic carbocycles. The van der Waals surface area contributed by atoms with Gasteiger partial charge in [0.2, 0.25) is 0 Å². The number of carboxylic acids is 1. The molecule has 0 aromatic rings. The first-order valence-corrected chi connectivity index (χ1v) is 14.3. The van der Waals surface area contributed by atoms with Crippen molar-refractivity contribution in [3.8, 4) is 0 Å². The summed E-state index contributed by atoms with van der Waals surface area (Å²) in [6, 6.07) is 0. The Morgan fingerprint density at radius 2 is 1.81 bits per heavy atom. The number of ether oxygens (including phenoxy) is 1. The molecule has 2 unspecified atom stereocenters. The summed E-state index contributed by atoms with van der Waals surface area (Å²) in [5, 5.41) is 20.1. The highest BCUT2D eigenvalue weighted by molar-refractivity contribution is 5.85.